The molecule has 3 heterocycles. The molecule has 0 N–H and O–H groups in total. The number of ether oxygens (including phenoxy) is 2. The van der Waals surface area contributed by atoms with Crippen LogP contribution in [-0.4, -0.2) is 59.0 Å². The molecule has 3 aromatic rings. The van der Waals surface area contributed by atoms with E-state index < -0.39 is 9.84 Å². The maximum Gasteiger partial charge on any atom is 0.308 e. The van der Waals surface area contributed by atoms with Gasteiger partial charge in [0.15, 0.2) is 11.4 Å². The summed E-state index contributed by atoms with van der Waals surface area (Å²) in [5, 5.41) is 0. The van der Waals surface area contributed by atoms with Crippen LogP contribution in [0.3, 0.4) is 0 Å². The molecule has 0 saturated heterocycles. The van der Waals surface area contributed by atoms with Crippen molar-refractivity contribution >= 4 is 21.5 Å². The van der Waals surface area contributed by atoms with E-state index in [1.54, 1.807) is 12.4 Å². The first kappa shape index (κ1) is 25.1. The molecule has 0 aliphatic heterocycles. The molecule has 35 heavy (non-hydrogen) atoms. The third-order valence-corrected chi connectivity index (χ3v) is 7.35. The van der Waals surface area contributed by atoms with Crippen LogP contribution in [0.25, 0.3) is 17.0 Å². The van der Waals surface area contributed by atoms with E-state index in [9.17, 15) is 13.2 Å². The minimum Gasteiger partial charge on any atom is -0.490 e. The van der Waals surface area contributed by atoms with Crippen molar-refractivity contribution in [1.82, 2.24) is 19.4 Å². The van der Waals surface area contributed by atoms with Crippen molar-refractivity contribution < 1.29 is 22.7 Å². The summed E-state index contributed by atoms with van der Waals surface area (Å²) >= 11 is 0. The lowest BCUT2D eigenvalue weighted by molar-refractivity contribution is -0.149. The third-order valence-electron chi connectivity index (χ3n) is 6.32. The molecule has 9 nitrogen and oxygen atoms in total. The molecular weight excluding hydrogens is 468 g/mol. The first-order chi connectivity index (χ1) is 16.8. The molecule has 188 valence electrons. The third kappa shape index (κ3) is 6.56. The largest absolute Gasteiger partial charge is 0.490 e. The van der Waals surface area contributed by atoms with E-state index in [2.05, 4.69) is 9.97 Å². The number of aromatic nitrogens is 4. The Morgan fingerprint density at radius 1 is 1.17 bits per heavy atom. The molecule has 0 spiro atoms. The van der Waals surface area contributed by atoms with E-state index in [1.165, 1.54) is 6.26 Å². The van der Waals surface area contributed by atoms with Crippen LogP contribution in [0.2, 0.25) is 0 Å². The van der Waals surface area contributed by atoms with Gasteiger partial charge in [0, 0.05) is 25.1 Å². The number of sulfone groups is 1. The van der Waals surface area contributed by atoms with Gasteiger partial charge in [-0.15, -0.1) is 0 Å². The fourth-order valence-corrected chi connectivity index (χ4v) is 5.19. The van der Waals surface area contributed by atoms with E-state index in [-0.39, 0.29) is 17.6 Å². The Morgan fingerprint density at radius 2 is 1.97 bits per heavy atom. The van der Waals surface area contributed by atoms with Crippen molar-refractivity contribution in [3.05, 3.63) is 42.6 Å². The Kier molecular flexibility index (Phi) is 8.00. The average Bonchev–Trinajstić information content (AvgIpc) is 3.27. The summed E-state index contributed by atoms with van der Waals surface area (Å²) in [5.41, 5.74) is 2.26. The number of fused-ring (bicyclic) bond motifs is 1. The van der Waals surface area contributed by atoms with Gasteiger partial charge < -0.3 is 9.47 Å². The zero-order valence-electron chi connectivity index (χ0n) is 20.2. The summed E-state index contributed by atoms with van der Waals surface area (Å²) in [4.78, 5) is 25.8. The van der Waals surface area contributed by atoms with Gasteiger partial charge in [0.05, 0.1) is 42.5 Å². The van der Waals surface area contributed by atoms with Gasteiger partial charge in [0.25, 0.3) is 0 Å². The number of hydrogen-bond acceptors (Lipinski definition) is 8. The molecule has 0 bridgehead atoms. The highest BCUT2D eigenvalue weighted by molar-refractivity contribution is 7.90. The number of nitrogens with zero attached hydrogens (tertiary/aromatic N) is 4. The van der Waals surface area contributed by atoms with Crippen LogP contribution in [0.15, 0.2) is 36.8 Å². The minimum absolute atomic E-state index is 0.0133. The summed E-state index contributed by atoms with van der Waals surface area (Å²) in [6.07, 6.45) is 11.5. The van der Waals surface area contributed by atoms with E-state index in [4.69, 9.17) is 14.5 Å². The highest BCUT2D eigenvalue weighted by Crippen LogP contribution is 2.32. The predicted octanol–water partition coefficient (Wildman–Crippen LogP) is 3.52. The van der Waals surface area contributed by atoms with Gasteiger partial charge in [0.1, 0.15) is 15.7 Å². The molecule has 0 atom stereocenters. The van der Waals surface area contributed by atoms with Crippen LogP contribution in [0, 0.1) is 11.8 Å². The fourth-order valence-electron chi connectivity index (χ4n) is 4.55. The number of carbonyl (C=O) groups excluding carboxylic acids is 1. The van der Waals surface area contributed by atoms with Crippen LogP contribution < -0.4 is 4.74 Å². The van der Waals surface area contributed by atoms with Crippen LogP contribution in [0.4, 0.5) is 0 Å². The second-order valence-corrected chi connectivity index (χ2v) is 11.3. The zero-order valence-corrected chi connectivity index (χ0v) is 21.0. The first-order valence-corrected chi connectivity index (χ1v) is 14.2. The first-order valence-electron chi connectivity index (χ1n) is 12.1. The second-order valence-electron chi connectivity index (χ2n) is 9.07. The molecule has 0 unspecified atom stereocenters. The molecule has 0 radical (unpaired) electrons. The van der Waals surface area contributed by atoms with Crippen molar-refractivity contribution in [3.8, 4) is 17.1 Å². The quantitative estimate of drug-likeness (QED) is 0.307. The van der Waals surface area contributed by atoms with Gasteiger partial charge in [-0.3, -0.25) is 9.20 Å². The van der Waals surface area contributed by atoms with Gasteiger partial charge in [-0.2, -0.15) is 0 Å². The molecule has 1 aliphatic rings. The molecule has 10 heteroatoms. The number of carbonyl (C=O) groups is 1. The summed E-state index contributed by atoms with van der Waals surface area (Å²) < 4.78 is 35.6. The van der Waals surface area contributed by atoms with E-state index >= 15 is 0 Å². The Hall–Kier alpha value is -3.01. The van der Waals surface area contributed by atoms with Gasteiger partial charge in [-0.25, -0.2) is 23.4 Å². The van der Waals surface area contributed by atoms with Gasteiger partial charge in [-0.1, -0.05) is 0 Å². The van der Waals surface area contributed by atoms with Crippen molar-refractivity contribution in [1.29, 1.82) is 0 Å². The molecule has 1 aliphatic carbocycles. The highest BCUT2D eigenvalue weighted by Gasteiger charge is 2.27. The topological polar surface area (TPSA) is 113 Å². The number of esters is 1. The summed E-state index contributed by atoms with van der Waals surface area (Å²) in [6.45, 7) is 2.57. The van der Waals surface area contributed by atoms with Crippen LogP contribution in [0.1, 0.15) is 44.9 Å². The molecule has 4 rings (SSSR count). The van der Waals surface area contributed by atoms with E-state index in [1.807, 2.05) is 35.7 Å². The normalized spacial score (nSPS) is 18.5. The van der Waals surface area contributed by atoms with Crippen molar-refractivity contribution in [2.75, 3.05) is 25.2 Å². The lowest BCUT2D eigenvalue weighted by Gasteiger charge is -2.26. The van der Waals surface area contributed by atoms with Crippen molar-refractivity contribution in [2.24, 2.45) is 11.8 Å². The minimum atomic E-state index is -3.01. The number of rotatable bonds is 10. The monoisotopic (exact) mass is 500 g/mol. The van der Waals surface area contributed by atoms with Crippen molar-refractivity contribution in [3.63, 3.8) is 0 Å². The second kappa shape index (κ2) is 11.2. The molecule has 0 amide bonds. The van der Waals surface area contributed by atoms with Crippen LogP contribution >= 0.6 is 0 Å². The average molecular weight is 501 g/mol. The number of hydrogen-bond donors (Lipinski definition) is 0. The Labute approximate surface area is 205 Å². The SMILES string of the molecule is CCOC(=O)C1CCC(Cc2nccc(-c3cnc4c(OCCCS(C)(=O)=O)cccn34)n2)CC1. The maximum absolute atomic E-state index is 12.0. The number of pyridine rings is 1. The maximum atomic E-state index is 12.0. The van der Waals surface area contributed by atoms with Gasteiger partial charge in [0.2, 0.25) is 0 Å². The van der Waals surface area contributed by atoms with Crippen LogP contribution in [-0.2, 0) is 25.8 Å². The van der Waals surface area contributed by atoms with Crippen LogP contribution in [0.5, 0.6) is 5.75 Å². The fraction of sp³-hybridized carbons (Fsp3) is 0.520. The summed E-state index contributed by atoms with van der Waals surface area (Å²) in [7, 11) is -3.01. The lowest BCUT2D eigenvalue weighted by Crippen LogP contribution is -2.24. The molecule has 1 saturated carbocycles. The standard InChI is InChI=1S/C25H32N4O5S/c1-3-33-25(30)19-9-7-18(8-10-19)16-23-26-12-11-20(28-23)21-17-27-24-22(6-4-13-29(21)24)34-14-5-15-35(2,31)32/h4,6,11-13,17-19H,3,5,7-10,14-16H2,1-2H3. The Bertz CT molecular complexity index is 1270. The molecule has 0 aromatic carbocycles. The van der Waals surface area contributed by atoms with Crippen molar-refractivity contribution in [2.45, 2.75) is 45.4 Å². The molecule has 3 aromatic heterocycles. The predicted molar refractivity (Wildman–Crippen MR) is 132 cm³/mol. The molecule has 1 fully saturated rings. The van der Waals surface area contributed by atoms with Gasteiger partial charge in [-0.05, 0) is 63.1 Å². The molecular formula is C25H32N4O5S. The van der Waals surface area contributed by atoms with E-state index in [0.29, 0.717) is 36.9 Å². The number of imidazole rings is 1. The lowest BCUT2D eigenvalue weighted by atomic mass is 9.80. The van der Waals surface area contributed by atoms with Gasteiger partial charge >= 0.3 is 5.97 Å². The summed E-state index contributed by atoms with van der Waals surface area (Å²) in [5.74, 6) is 1.86. The highest BCUT2D eigenvalue weighted by atomic mass is 32.2. The summed E-state index contributed by atoms with van der Waals surface area (Å²) in [6, 6.07) is 5.56. The Balaban J connectivity index is 1.42. The van der Waals surface area contributed by atoms with E-state index in [0.717, 1.165) is 49.3 Å². The smallest absolute Gasteiger partial charge is 0.308 e. The Morgan fingerprint density at radius 3 is 2.71 bits per heavy atom. The zero-order chi connectivity index (χ0) is 24.8.